The molecule has 2 aromatic carbocycles. The summed E-state index contributed by atoms with van der Waals surface area (Å²) in [7, 11) is 0. The summed E-state index contributed by atoms with van der Waals surface area (Å²) in [6.45, 7) is 9.14. The molecule has 3 rings (SSSR count). The average molecular weight is 571 g/mol. The molecule has 0 aliphatic carbocycles. The zero-order valence-corrected chi connectivity index (χ0v) is 24.3. The molecule has 0 saturated heterocycles. The van der Waals surface area contributed by atoms with Crippen molar-refractivity contribution in [3.63, 3.8) is 0 Å². The fourth-order valence-corrected chi connectivity index (χ4v) is 4.41. The summed E-state index contributed by atoms with van der Waals surface area (Å²) in [5.41, 5.74) is 0.440. The number of aryl methyl sites for hydroxylation is 1. The highest BCUT2D eigenvalue weighted by Gasteiger charge is 2.25. The molecule has 0 aliphatic rings. The van der Waals surface area contributed by atoms with Gasteiger partial charge in [0.15, 0.2) is 5.78 Å². The van der Waals surface area contributed by atoms with Gasteiger partial charge in [0.1, 0.15) is 23.3 Å². The Balaban J connectivity index is 1.86. The van der Waals surface area contributed by atoms with Crippen molar-refractivity contribution in [2.45, 2.75) is 78.5 Å². The van der Waals surface area contributed by atoms with Crippen LogP contribution in [0.25, 0.3) is 5.69 Å². The molecule has 0 spiro atoms. The lowest BCUT2D eigenvalue weighted by Crippen LogP contribution is -2.48. The normalized spacial score (nSPS) is 12.1. The molecule has 10 heteroatoms. The van der Waals surface area contributed by atoms with Gasteiger partial charge in [-0.2, -0.15) is 0 Å². The molecular weight excluding hydrogens is 535 g/mol. The van der Waals surface area contributed by atoms with E-state index in [1.165, 1.54) is 24.3 Å². The number of ether oxygens (including phenoxy) is 1. The number of nitrogens with one attached hydrogen (secondary N) is 2. The molecule has 0 bridgehead atoms. The highest BCUT2D eigenvalue weighted by molar-refractivity contribution is 6.31. The molecule has 0 unspecified atom stereocenters. The van der Waals surface area contributed by atoms with Crippen LogP contribution in [0, 0.1) is 12.7 Å². The van der Waals surface area contributed by atoms with E-state index < -0.39 is 29.3 Å². The molecular formula is C30H36ClFN4O4. The van der Waals surface area contributed by atoms with Crippen LogP contribution in [0.4, 0.5) is 9.18 Å². The number of halogens is 2. The Labute approximate surface area is 239 Å². The van der Waals surface area contributed by atoms with Crippen molar-refractivity contribution in [3.05, 3.63) is 82.1 Å². The number of alkyl carbamates (subject to hydrolysis) is 1. The summed E-state index contributed by atoms with van der Waals surface area (Å²) in [5.74, 6) is -0.984. The molecule has 3 aromatic rings. The Morgan fingerprint density at radius 1 is 1.10 bits per heavy atom. The number of imidazole rings is 1. The van der Waals surface area contributed by atoms with E-state index in [0.29, 0.717) is 28.6 Å². The van der Waals surface area contributed by atoms with Crippen LogP contribution in [-0.4, -0.2) is 39.0 Å². The first-order valence-corrected chi connectivity index (χ1v) is 13.7. The molecule has 2 N–H and O–H groups in total. The van der Waals surface area contributed by atoms with E-state index in [-0.39, 0.29) is 23.6 Å². The van der Waals surface area contributed by atoms with Crippen molar-refractivity contribution in [3.8, 4) is 5.69 Å². The molecule has 8 nitrogen and oxygen atoms in total. The van der Waals surface area contributed by atoms with Crippen molar-refractivity contribution in [2.75, 3.05) is 0 Å². The summed E-state index contributed by atoms with van der Waals surface area (Å²) in [6.07, 6.45) is 4.02. The van der Waals surface area contributed by atoms with Gasteiger partial charge in [0.25, 0.3) is 0 Å². The third kappa shape index (κ3) is 8.14. The largest absolute Gasteiger partial charge is 0.444 e. The number of ketones is 1. The van der Waals surface area contributed by atoms with Crippen molar-refractivity contribution in [1.82, 2.24) is 20.2 Å². The maximum atomic E-state index is 14.5. The van der Waals surface area contributed by atoms with E-state index in [9.17, 15) is 18.8 Å². The topological polar surface area (TPSA) is 102 Å². The quantitative estimate of drug-likeness (QED) is 0.208. The van der Waals surface area contributed by atoms with E-state index in [0.717, 1.165) is 19.3 Å². The monoisotopic (exact) mass is 570 g/mol. The number of nitrogens with zero attached hydrogens (tertiary/aromatic N) is 2. The maximum absolute atomic E-state index is 14.5. The van der Waals surface area contributed by atoms with Gasteiger partial charge in [-0.25, -0.2) is 14.2 Å². The molecule has 1 heterocycles. The number of hydrogen-bond acceptors (Lipinski definition) is 5. The standard InChI is InChI=1S/C30H36ClFN4O4/c1-6-7-8-13-25(35-29(39)40-30(3,4)5)28(38)34-18-21-17-33-19(2)36(21)26-15-14-20(31)16-23(26)27(37)22-11-9-10-12-24(22)32/h9-12,14-17,25H,6-8,13,18H2,1-5H3,(H,34,38)(H,35,39)/t25-/m0/s1. The van der Waals surface area contributed by atoms with Crippen molar-refractivity contribution in [2.24, 2.45) is 0 Å². The second-order valence-electron chi connectivity index (χ2n) is 10.5. The lowest BCUT2D eigenvalue weighted by molar-refractivity contribution is -0.123. The molecule has 214 valence electrons. The fourth-order valence-electron chi connectivity index (χ4n) is 4.24. The van der Waals surface area contributed by atoms with Gasteiger partial charge in [-0.05, 0) is 64.4 Å². The average Bonchev–Trinajstić information content (AvgIpc) is 3.25. The van der Waals surface area contributed by atoms with Crippen LogP contribution in [0.2, 0.25) is 5.02 Å². The Morgan fingerprint density at radius 2 is 1.82 bits per heavy atom. The van der Waals surface area contributed by atoms with Gasteiger partial charge in [-0.3, -0.25) is 14.2 Å². The highest BCUT2D eigenvalue weighted by Crippen LogP contribution is 2.26. The number of carbonyl (C=O) groups is 3. The van der Waals surface area contributed by atoms with Crippen LogP contribution >= 0.6 is 11.6 Å². The lowest BCUT2D eigenvalue weighted by Gasteiger charge is -2.23. The smallest absolute Gasteiger partial charge is 0.408 e. The minimum absolute atomic E-state index is 0.0654. The molecule has 0 radical (unpaired) electrons. The van der Waals surface area contributed by atoms with Crippen molar-refractivity contribution in [1.29, 1.82) is 0 Å². The van der Waals surface area contributed by atoms with Gasteiger partial charge in [0.05, 0.1) is 29.7 Å². The van der Waals surface area contributed by atoms with Gasteiger partial charge in [-0.1, -0.05) is 49.9 Å². The third-order valence-electron chi connectivity index (χ3n) is 6.12. The molecule has 1 aromatic heterocycles. The van der Waals surface area contributed by atoms with E-state index in [4.69, 9.17) is 16.3 Å². The molecule has 40 heavy (non-hydrogen) atoms. The van der Waals surface area contributed by atoms with Crippen molar-refractivity contribution < 1.29 is 23.5 Å². The number of aromatic nitrogens is 2. The molecule has 1 atom stereocenters. The summed E-state index contributed by atoms with van der Waals surface area (Å²) >= 11 is 6.23. The Kier molecular flexibility index (Phi) is 10.5. The number of hydrogen-bond donors (Lipinski definition) is 2. The van der Waals surface area contributed by atoms with E-state index in [2.05, 4.69) is 22.5 Å². The van der Waals surface area contributed by atoms with E-state index in [1.54, 1.807) is 56.7 Å². The second-order valence-corrected chi connectivity index (χ2v) is 11.0. The van der Waals surface area contributed by atoms with Gasteiger partial charge < -0.3 is 15.4 Å². The van der Waals surface area contributed by atoms with E-state index >= 15 is 0 Å². The van der Waals surface area contributed by atoms with Crippen molar-refractivity contribution >= 4 is 29.4 Å². The van der Waals surface area contributed by atoms with Gasteiger partial charge in [0.2, 0.25) is 5.91 Å². The number of carbonyl (C=O) groups excluding carboxylic acids is 3. The summed E-state index contributed by atoms with van der Waals surface area (Å²) in [5, 5.41) is 5.88. The zero-order valence-electron chi connectivity index (χ0n) is 23.5. The van der Waals surface area contributed by atoms with Crippen LogP contribution in [0.1, 0.15) is 80.8 Å². The molecule has 2 amide bonds. The van der Waals surface area contributed by atoms with E-state index in [1.807, 2.05) is 0 Å². The van der Waals surface area contributed by atoms with Crippen LogP contribution < -0.4 is 10.6 Å². The minimum atomic E-state index is -0.785. The van der Waals surface area contributed by atoms with Gasteiger partial charge in [0, 0.05) is 10.6 Å². The number of unbranched alkanes of at least 4 members (excludes halogenated alkanes) is 2. The Bertz CT molecular complexity index is 1370. The van der Waals surface area contributed by atoms with Crippen LogP contribution in [-0.2, 0) is 16.1 Å². The second kappa shape index (κ2) is 13.6. The predicted octanol–water partition coefficient (Wildman–Crippen LogP) is 6.29. The predicted molar refractivity (Wildman–Crippen MR) is 152 cm³/mol. The minimum Gasteiger partial charge on any atom is -0.444 e. The lowest BCUT2D eigenvalue weighted by atomic mass is 10.0. The number of benzene rings is 2. The first-order valence-electron chi connectivity index (χ1n) is 13.3. The SMILES string of the molecule is CCCCC[C@H](NC(=O)OC(C)(C)C)C(=O)NCc1cnc(C)n1-c1ccc(Cl)cc1C(=O)c1ccccc1F. The van der Waals surface area contributed by atoms with Gasteiger partial charge in [-0.15, -0.1) is 0 Å². The molecule has 0 saturated carbocycles. The van der Waals surface area contributed by atoms with Crippen LogP contribution in [0.5, 0.6) is 0 Å². The molecule has 0 fully saturated rings. The summed E-state index contributed by atoms with van der Waals surface area (Å²) in [6, 6.07) is 9.74. The van der Waals surface area contributed by atoms with Gasteiger partial charge >= 0.3 is 6.09 Å². The van der Waals surface area contributed by atoms with Crippen LogP contribution in [0.3, 0.4) is 0 Å². The highest BCUT2D eigenvalue weighted by atomic mass is 35.5. The Morgan fingerprint density at radius 3 is 2.50 bits per heavy atom. The fraction of sp³-hybridized carbons (Fsp3) is 0.400. The summed E-state index contributed by atoms with van der Waals surface area (Å²) in [4.78, 5) is 43.3. The summed E-state index contributed by atoms with van der Waals surface area (Å²) < 4.78 is 21.5. The first-order chi connectivity index (χ1) is 18.9. The first kappa shape index (κ1) is 30.8. The maximum Gasteiger partial charge on any atom is 0.408 e. The Hall–Kier alpha value is -3.72. The zero-order chi connectivity index (χ0) is 29.4. The number of amides is 2. The third-order valence-corrected chi connectivity index (χ3v) is 6.36. The number of rotatable bonds is 11. The van der Waals surface area contributed by atoms with Crippen LogP contribution in [0.15, 0.2) is 48.7 Å². The molecule has 0 aliphatic heterocycles.